The van der Waals surface area contributed by atoms with Gasteiger partial charge in [0.05, 0.1) is 17.5 Å². The van der Waals surface area contributed by atoms with E-state index < -0.39 is 0 Å². The Morgan fingerprint density at radius 3 is 2.38 bits per heavy atom. The minimum Gasteiger partial charge on any atom is -0.455 e. The standard InChI is InChI=1S/C39H34N2O/c1-6-33-29-14-9-8-13-28(29)30-18-15-26-16-20-32-31-19-17-27(37-23(3)11-10-12-24(37)4)22-36(31)42-39(32)38(26)34(7-2)40-25(5)21-35(30)41-33/h6-14,16-17,19-20,22,30,35H,1-2,5,15,18,21H2,3-4H3. The molecule has 2 aliphatic heterocycles. The Morgan fingerprint density at radius 1 is 0.833 bits per heavy atom. The average molecular weight is 547 g/mol. The van der Waals surface area contributed by atoms with Gasteiger partial charge in [-0.1, -0.05) is 80.4 Å². The molecule has 42 heavy (non-hydrogen) atoms. The molecule has 3 nitrogen and oxygen atoms in total. The van der Waals surface area contributed by atoms with Gasteiger partial charge in [0, 0.05) is 39.9 Å². The Kier molecular flexibility index (Phi) is 6.39. The van der Waals surface area contributed by atoms with Gasteiger partial charge in [0.25, 0.3) is 0 Å². The van der Waals surface area contributed by atoms with Crippen LogP contribution >= 0.6 is 0 Å². The van der Waals surface area contributed by atoms with E-state index in [-0.39, 0.29) is 12.0 Å². The van der Waals surface area contributed by atoms with E-state index in [9.17, 15) is 0 Å². The lowest BCUT2D eigenvalue weighted by Crippen LogP contribution is -2.27. The predicted molar refractivity (Wildman–Crippen MR) is 177 cm³/mol. The molecule has 0 saturated heterocycles. The molecule has 7 rings (SSSR count). The highest BCUT2D eigenvalue weighted by Gasteiger charge is 2.32. The van der Waals surface area contributed by atoms with Crippen molar-refractivity contribution in [2.24, 2.45) is 9.98 Å². The fourth-order valence-corrected chi connectivity index (χ4v) is 7.06. The molecule has 0 bridgehead atoms. The highest BCUT2D eigenvalue weighted by atomic mass is 16.3. The van der Waals surface area contributed by atoms with E-state index in [0.29, 0.717) is 6.42 Å². The van der Waals surface area contributed by atoms with E-state index in [0.717, 1.165) is 57.5 Å². The minimum atomic E-state index is 0.0648. The van der Waals surface area contributed by atoms with Gasteiger partial charge in [-0.2, -0.15) is 0 Å². The fourth-order valence-electron chi connectivity index (χ4n) is 7.06. The second-order valence-electron chi connectivity index (χ2n) is 11.5. The van der Waals surface area contributed by atoms with Gasteiger partial charge >= 0.3 is 0 Å². The summed E-state index contributed by atoms with van der Waals surface area (Å²) >= 11 is 0. The molecule has 2 aliphatic rings. The molecule has 0 fully saturated rings. The topological polar surface area (TPSA) is 37.9 Å². The molecule has 0 aliphatic carbocycles. The van der Waals surface area contributed by atoms with Crippen molar-refractivity contribution in [1.29, 1.82) is 0 Å². The SMILES string of the molecule is C=CC1=NC2CC(=C)N=C(C=C)c3c(ccc4c3oc3cc(-c5c(C)cccc5C)ccc34)CCC2c2ccccc21. The van der Waals surface area contributed by atoms with Crippen LogP contribution in [0.15, 0.2) is 125 Å². The minimum absolute atomic E-state index is 0.0648. The maximum atomic E-state index is 6.73. The van der Waals surface area contributed by atoms with Gasteiger partial charge in [-0.25, -0.2) is 0 Å². The highest BCUT2D eigenvalue weighted by Crippen LogP contribution is 2.41. The smallest absolute Gasteiger partial charge is 0.145 e. The van der Waals surface area contributed by atoms with Crippen LogP contribution in [0.1, 0.15) is 52.1 Å². The summed E-state index contributed by atoms with van der Waals surface area (Å²) in [5.41, 5.74) is 14.0. The summed E-state index contributed by atoms with van der Waals surface area (Å²) < 4.78 is 6.73. The maximum absolute atomic E-state index is 6.73. The van der Waals surface area contributed by atoms with Crippen molar-refractivity contribution < 1.29 is 4.42 Å². The van der Waals surface area contributed by atoms with Crippen molar-refractivity contribution in [2.45, 2.75) is 45.1 Å². The molecule has 3 heteroatoms. The molecule has 2 unspecified atom stereocenters. The zero-order valence-corrected chi connectivity index (χ0v) is 24.3. The lowest BCUT2D eigenvalue weighted by atomic mass is 9.78. The van der Waals surface area contributed by atoms with Crippen molar-refractivity contribution in [3.8, 4) is 11.1 Å². The summed E-state index contributed by atoms with van der Waals surface area (Å²) in [6, 6.07) is 26.2. The number of aliphatic imine (C=N–C) groups is 2. The van der Waals surface area contributed by atoms with Crippen LogP contribution in [0.2, 0.25) is 0 Å². The normalized spacial score (nSPS) is 18.5. The fraction of sp³-hybridized carbons (Fsp3) is 0.179. The van der Waals surface area contributed by atoms with Crippen LogP contribution < -0.4 is 0 Å². The van der Waals surface area contributed by atoms with E-state index in [1.54, 1.807) is 0 Å². The maximum Gasteiger partial charge on any atom is 0.145 e. The van der Waals surface area contributed by atoms with Crippen molar-refractivity contribution in [2.75, 3.05) is 0 Å². The quantitative estimate of drug-likeness (QED) is 0.222. The first-order valence-corrected chi connectivity index (χ1v) is 14.7. The number of aryl methyl sites for hydroxylation is 3. The first kappa shape index (κ1) is 26.2. The van der Waals surface area contributed by atoms with E-state index >= 15 is 0 Å². The van der Waals surface area contributed by atoms with Crippen LogP contribution in [-0.4, -0.2) is 17.5 Å². The van der Waals surface area contributed by atoms with E-state index in [4.69, 9.17) is 14.4 Å². The third-order valence-corrected chi connectivity index (χ3v) is 8.99. The molecule has 4 aromatic carbocycles. The second kappa shape index (κ2) is 10.3. The summed E-state index contributed by atoms with van der Waals surface area (Å²) in [4.78, 5) is 10.2. The largest absolute Gasteiger partial charge is 0.455 e. The highest BCUT2D eigenvalue weighted by molar-refractivity contribution is 6.20. The summed E-state index contributed by atoms with van der Waals surface area (Å²) in [6.07, 6.45) is 6.23. The third kappa shape index (κ3) is 4.19. The molecule has 0 radical (unpaired) electrons. The van der Waals surface area contributed by atoms with Gasteiger partial charge in [-0.3, -0.25) is 9.98 Å². The molecular formula is C39H34N2O. The molecule has 0 N–H and O–H groups in total. The Bertz CT molecular complexity index is 1980. The molecule has 0 spiro atoms. The summed E-state index contributed by atoms with van der Waals surface area (Å²) in [5, 5.41) is 2.20. The van der Waals surface area contributed by atoms with Crippen molar-refractivity contribution in [1.82, 2.24) is 0 Å². The third-order valence-electron chi connectivity index (χ3n) is 8.99. The Labute approximate surface area is 247 Å². The molecule has 206 valence electrons. The van der Waals surface area contributed by atoms with Crippen LogP contribution in [0.25, 0.3) is 33.1 Å². The average Bonchev–Trinajstić information content (AvgIpc) is 3.36. The van der Waals surface area contributed by atoms with E-state index in [1.807, 2.05) is 12.2 Å². The van der Waals surface area contributed by atoms with E-state index in [1.165, 1.54) is 38.9 Å². The van der Waals surface area contributed by atoms with Crippen LogP contribution in [0, 0.1) is 13.8 Å². The van der Waals surface area contributed by atoms with Gasteiger partial charge < -0.3 is 4.42 Å². The number of nitrogens with zero attached hydrogens (tertiary/aromatic N) is 2. The van der Waals surface area contributed by atoms with Crippen LogP contribution in [0.3, 0.4) is 0 Å². The first-order chi connectivity index (χ1) is 20.5. The number of rotatable bonds is 3. The van der Waals surface area contributed by atoms with Gasteiger partial charge in [-0.15, -0.1) is 0 Å². The molecule has 1 aromatic heterocycles. The second-order valence-corrected chi connectivity index (χ2v) is 11.5. The summed E-state index contributed by atoms with van der Waals surface area (Å²) in [7, 11) is 0. The van der Waals surface area contributed by atoms with Gasteiger partial charge in [0.15, 0.2) is 0 Å². The predicted octanol–water partition coefficient (Wildman–Crippen LogP) is 9.84. The molecule has 0 amide bonds. The van der Waals surface area contributed by atoms with Crippen molar-refractivity contribution in [3.05, 3.63) is 144 Å². The number of fused-ring (bicyclic) bond motifs is 8. The van der Waals surface area contributed by atoms with E-state index in [2.05, 4.69) is 106 Å². The number of benzene rings is 4. The van der Waals surface area contributed by atoms with Crippen LogP contribution in [0.4, 0.5) is 0 Å². The van der Waals surface area contributed by atoms with Gasteiger partial charge in [-0.05, 0) is 84.4 Å². The van der Waals surface area contributed by atoms with Crippen LogP contribution in [0.5, 0.6) is 0 Å². The number of hydrogen-bond donors (Lipinski definition) is 0. The zero-order chi connectivity index (χ0) is 29.0. The molecule has 5 aromatic rings. The summed E-state index contributed by atoms with van der Waals surface area (Å²) in [6.45, 7) is 16.9. The Balaban J connectivity index is 1.39. The first-order valence-electron chi connectivity index (χ1n) is 14.7. The zero-order valence-electron chi connectivity index (χ0n) is 24.3. The monoisotopic (exact) mass is 546 g/mol. The molecular weight excluding hydrogens is 512 g/mol. The van der Waals surface area contributed by atoms with Crippen LogP contribution in [-0.2, 0) is 6.42 Å². The molecule has 3 heterocycles. The van der Waals surface area contributed by atoms with Crippen molar-refractivity contribution in [3.63, 3.8) is 0 Å². The van der Waals surface area contributed by atoms with Crippen molar-refractivity contribution >= 4 is 33.4 Å². The Hall–Kier alpha value is -4.76. The molecule has 0 saturated carbocycles. The lowest BCUT2D eigenvalue weighted by Gasteiger charge is -2.32. The number of hydrogen-bond acceptors (Lipinski definition) is 3. The number of furan rings is 1. The summed E-state index contributed by atoms with van der Waals surface area (Å²) in [5.74, 6) is 0.265. The Morgan fingerprint density at radius 2 is 1.60 bits per heavy atom. The number of allylic oxidation sites excluding steroid dienone is 2. The lowest BCUT2D eigenvalue weighted by molar-refractivity contribution is 0.490. The van der Waals surface area contributed by atoms with Gasteiger partial charge in [0.1, 0.15) is 11.2 Å². The molecule has 2 atom stereocenters. The van der Waals surface area contributed by atoms with Gasteiger partial charge in [0.2, 0.25) is 0 Å².